The van der Waals surface area contributed by atoms with Crippen LogP contribution < -0.4 is 15.6 Å². The van der Waals surface area contributed by atoms with Crippen LogP contribution >= 0.6 is 0 Å². The van der Waals surface area contributed by atoms with Gasteiger partial charge in [0.05, 0.1) is 7.11 Å². The molecule has 0 saturated carbocycles. The van der Waals surface area contributed by atoms with E-state index in [1.165, 1.54) is 0 Å². The molecule has 1 aliphatic rings. The predicted octanol–water partition coefficient (Wildman–Crippen LogP) is 2.53. The van der Waals surface area contributed by atoms with Gasteiger partial charge in [-0.05, 0) is 56.9 Å². The number of methoxy groups -OCH3 is 1. The van der Waals surface area contributed by atoms with Gasteiger partial charge in [0.15, 0.2) is 0 Å². The van der Waals surface area contributed by atoms with Crippen molar-refractivity contribution in [1.82, 2.24) is 20.7 Å². The van der Waals surface area contributed by atoms with Crippen LogP contribution in [0.5, 0.6) is 5.75 Å². The van der Waals surface area contributed by atoms with Crippen molar-refractivity contribution >= 4 is 16.8 Å². The zero-order valence-electron chi connectivity index (χ0n) is 15.4. The lowest BCUT2D eigenvalue weighted by Crippen LogP contribution is -2.30. The maximum absolute atomic E-state index is 12.7. The molecule has 0 spiro atoms. The van der Waals surface area contributed by atoms with Gasteiger partial charge in [0, 0.05) is 36.6 Å². The van der Waals surface area contributed by atoms with Gasteiger partial charge >= 0.3 is 0 Å². The van der Waals surface area contributed by atoms with Crippen LogP contribution in [-0.2, 0) is 0 Å². The highest BCUT2D eigenvalue weighted by Crippen LogP contribution is 2.23. The van der Waals surface area contributed by atoms with E-state index >= 15 is 0 Å². The first-order valence-electron chi connectivity index (χ1n) is 8.93. The van der Waals surface area contributed by atoms with Crippen LogP contribution in [0, 0.1) is 5.92 Å². The molecule has 1 aromatic heterocycles. The summed E-state index contributed by atoms with van der Waals surface area (Å²) in [5.41, 5.74) is 8.14. The second-order valence-corrected chi connectivity index (χ2v) is 7.04. The van der Waals surface area contributed by atoms with Gasteiger partial charge in [-0.3, -0.25) is 15.6 Å². The van der Waals surface area contributed by atoms with Crippen molar-refractivity contribution in [1.29, 1.82) is 0 Å². The third kappa shape index (κ3) is 3.80. The van der Waals surface area contributed by atoms with E-state index in [2.05, 4.69) is 29.7 Å². The van der Waals surface area contributed by atoms with Crippen molar-refractivity contribution < 1.29 is 9.53 Å². The minimum absolute atomic E-state index is 0.0268. The van der Waals surface area contributed by atoms with Gasteiger partial charge in [0.1, 0.15) is 11.4 Å². The Morgan fingerprint density at radius 2 is 1.92 bits per heavy atom. The molecule has 0 bridgehead atoms. The number of aromatic amines is 1. The smallest absolute Gasteiger partial charge is 0.270 e. The molecule has 1 saturated heterocycles. The third-order valence-electron chi connectivity index (χ3n) is 5.26. The standard InChI is InChI=1S/C19H28N4O2/c1-12-16(13(2)22-21-12)6-5-9-23(3)19(24)18-11-14-10-15(25-4)7-8-17(14)20-18/h7-8,10-13,16,20-22H,5-6,9H2,1-4H3. The van der Waals surface area contributed by atoms with Crippen molar-refractivity contribution in [3.63, 3.8) is 0 Å². The van der Waals surface area contributed by atoms with Crippen molar-refractivity contribution in [2.24, 2.45) is 5.92 Å². The van der Waals surface area contributed by atoms with E-state index in [0.29, 0.717) is 23.7 Å². The van der Waals surface area contributed by atoms with E-state index in [1.807, 2.05) is 31.3 Å². The summed E-state index contributed by atoms with van der Waals surface area (Å²) in [7, 11) is 3.51. The monoisotopic (exact) mass is 344 g/mol. The molecule has 25 heavy (non-hydrogen) atoms. The van der Waals surface area contributed by atoms with Gasteiger partial charge in [0.25, 0.3) is 5.91 Å². The molecule has 0 aliphatic carbocycles. The van der Waals surface area contributed by atoms with Gasteiger partial charge in [-0.25, -0.2) is 0 Å². The number of benzene rings is 1. The lowest BCUT2D eigenvalue weighted by Gasteiger charge is -2.20. The molecule has 6 heteroatoms. The molecule has 2 aromatic rings. The van der Waals surface area contributed by atoms with Crippen LogP contribution in [0.25, 0.3) is 10.9 Å². The van der Waals surface area contributed by atoms with Crippen molar-refractivity contribution in [3.05, 3.63) is 30.0 Å². The van der Waals surface area contributed by atoms with E-state index in [-0.39, 0.29) is 5.91 Å². The first-order chi connectivity index (χ1) is 12.0. The van der Waals surface area contributed by atoms with Crippen LogP contribution in [0.1, 0.15) is 37.2 Å². The fraction of sp³-hybridized carbons (Fsp3) is 0.526. The van der Waals surface area contributed by atoms with Crippen molar-refractivity contribution in [3.8, 4) is 5.75 Å². The fourth-order valence-electron chi connectivity index (χ4n) is 3.63. The van der Waals surface area contributed by atoms with Gasteiger partial charge in [-0.15, -0.1) is 0 Å². The zero-order valence-corrected chi connectivity index (χ0v) is 15.4. The Morgan fingerprint density at radius 3 is 2.60 bits per heavy atom. The number of nitrogens with zero attached hydrogens (tertiary/aromatic N) is 1. The SMILES string of the molecule is COc1ccc2[nH]c(C(=O)N(C)CCCC3C(C)NNC3C)cc2c1. The van der Waals surface area contributed by atoms with E-state index < -0.39 is 0 Å². The van der Waals surface area contributed by atoms with Crippen LogP contribution in [0.2, 0.25) is 0 Å². The largest absolute Gasteiger partial charge is 0.497 e. The number of hydrogen-bond donors (Lipinski definition) is 3. The Morgan fingerprint density at radius 1 is 1.20 bits per heavy atom. The second kappa shape index (κ2) is 7.45. The summed E-state index contributed by atoms with van der Waals surface area (Å²) in [5, 5.41) is 0.988. The molecule has 1 aromatic carbocycles. The summed E-state index contributed by atoms with van der Waals surface area (Å²) in [6.45, 7) is 5.16. The highest BCUT2D eigenvalue weighted by molar-refractivity contribution is 5.98. The summed E-state index contributed by atoms with van der Waals surface area (Å²) < 4.78 is 5.24. The van der Waals surface area contributed by atoms with E-state index in [1.54, 1.807) is 12.0 Å². The van der Waals surface area contributed by atoms with Crippen molar-refractivity contribution in [2.75, 3.05) is 20.7 Å². The first-order valence-corrected chi connectivity index (χ1v) is 8.93. The average molecular weight is 344 g/mol. The van der Waals surface area contributed by atoms with Gasteiger partial charge < -0.3 is 14.6 Å². The lowest BCUT2D eigenvalue weighted by atomic mass is 9.91. The van der Waals surface area contributed by atoms with Gasteiger partial charge in [-0.1, -0.05) is 0 Å². The fourth-order valence-corrected chi connectivity index (χ4v) is 3.63. The third-order valence-corrected chi connectivity index (χ3v) is 5.26. The predicted molar refractivity (Wildman–Crippen MR) is 99.7 cm³/mol. The summed E-state index contributed by atoms with van der Waals surface area (Å²) in [6.07, 6.45) is 2.10. The highest BCUT2D eigenvalue weighted by atomic mass is 16.5. The number of hydrazine groups is 1. The number of amides is 1. The molecule has 2 heterocycles. The van der Waals surface area contributed by atoms with Crippen molar-refractivity contribution in [2.45, 2.75) is 38.8 Å². The van der Waals surface area contributed by atoms with Crippen LogP contribution in [-0.4, -0.2) is 48.6 Å². The van der Waals surface area contributed by atoms with E-state index in [9.17, 15) is 4.79 Å². The van der Waals surface area contributed by atoms with Gasteiger partial charge in [0.2, 0.25) is 0 Å². The molecule has 136 valence electrons. The number of hydrogen-bond acceptors (Lipinski definition) is 4. The first kappa shape index (κ1) is 17.8. The Bertz CT molecular complexity index is 732. The molecular weight excluding hydrogens is 316 g/mol. The normalized spacial score (nSPS) is 23.1. The average Bonchev–Trinajstić information content (AvgIpc) is 3.17. The highest BCUT2D eigenvalue weighted by Gasteiger charge is 2.29. The molecule has 3 rings (SSSR count). The number of fused-ring (bicyclic) bond motifs is 1. The van der Waals surface area contributed by atoms with E-state index in [0.717, 1.165) is 36.0 Å². The lowest BCUT2D eigenvalue weighted by molar-refractivity contribution is 0.0785. The number of carbonyl (C=O) groups is 1. The molecule has 6 nitrogen and oxygen atoms in total. The number of carbonyl (C=O) groups excluding carboxylic acids is 1. The summed E-state index contributed by atoms with van der Waals surface area (Å²) in [6, 6.07) is 8.60. The van der Waals surface area contributed by atoms with E-state index in [4.69, 9.17) is 4.74 Å². The Kier molecular flexibility index (Phi) is 5.30. The molecule has 1 aliphatic heterocycles. The van der Waals surface area contributed by atoms with Crippen LogP contribution in [0.4, 0.5) is 0 Å². The Labute approximate surface area is 148 Å². The molecule has 2 unspecified atom stereocenters. The topological polar surface area (TPSA) is 69.4 Å². The number of aromatic nitrogens is 1. The molecule has 1 fully saturated rings. The summed E-state index contributed by atoms with van der Waals surface area (Å²) >= 11 is 0. The van der Waals surface area contributed by atoms with Crippen LogP contribution in [0.3, 0.4) is 0 Å². The molecular formula is C19H28N4O2. The van der Waals surface area contributed by atoms with Gasteiger partial charge in [-0.2, -0.15) is 0 Å². The number of nitrogens with one attached hydrogen (secondary N) is 3. The number of rotatable bonds is 6. The Balaban J connectivity index is 1.58. The Hall–Kier alpha value is -2.05. The molecule has 3 N–H and O–H groups in total. The second-order valence-electron chi connectivity index (χ2n) is 7.04. The molecule has 2 atom stereocenters. The van der Waals surface area contributed by atoms with Crippen LogP contribution in [0.15, 0.2) is 24.3 Å². The minimum atomic E-state index is 0.0268. The molecule has 0 radical (unpaired) electrons. The maximum Gasteiger partial charge on any atom is 0.270 e. The quantitative estimate of drug-likeness (QED) is 0.753. The minimum Gasteiger partial charge on any atom is -0.497 e. The maximum atomic E-state index is 12.7. The number of H-pyrrole nitrogens is 1. The summed E-state index contributed by atoms with van der Waals surface area (Å²) in [4.78, 5) is 17.7. The zero-order chi connectivity index (χ0) is 18.0. The number of ether oxygens (including phenoxy) is 1. The summed E-state index contributed by atoms with van der Waals surface area (Å²) in [5.74, 6) is 1.42. The molecule has 1 amide bonds.